The van der Waals surface area contributed by atoms with Crippen molar-refractivity contribution in [3.63, 3.8) is 0 Å². The van der Waals surface area contributed by atoms with Crippen molar-refractivity contribution in [2.45, 2.75) is 6.92 Å². The van der Waals surface area contributed by atoms with E-state index >= 15 is 0 Å². The Morgan fingerprint density at radius 2 is 2.00 bits per heavy atom. The van der Waals surface area contributed by atoms with Gasteiger partial charge in [-0.15, -0.1) is 0 Å². The highest BCUT2D eigenvalue weighted by Crippen LogP contribution is 2.24. The summed E-state index contributed by atoms with van der Waals surface area (Å²) in [4.78, 5) is 14.2. The highest BCUT2D eigenvalue weighted by Gasteiger charge is 2.05. The third kappa shape index (κ3) is 3.41. The van der Waals surface area contributed by atoms with Crippen molar-refractivity contribution < 1.29 is 9.66 Å². The van der Waals surface area contributed by atoms with Crippen LogP contribution >= 0.6 is 0 Å². The van der Waals surface area contributed by atoms with E-state index in [9.17, 15) is 10.1 Å². The second-order valence-corrected chi connectivity index (χ2v) is 3.76. The van der Waals surface area contributed by atoms with E-state index in [0.717, 1.165) is 12.4 Å². The molecule has 0 radical (unpaired) electrons. The van der Waals surface area contributed by atoms with E-state index < -0.39 is 4.92 Å². The lowest BCUT2D eigenvalue weighted by Gasteiger charge is -2.07. The highest BCUT2D eigenvalue weighted by atomic mass is 16.6. The summed E-state index contributed by atoms with van der Waals surface area (Å²) >= 11 is 0. The fourth-order valence-electron chi connectivity index (χ4n) is 1.52. The molecule has 6 nitrogen and oxygen atoms in total. The van der Waals surface area contributed by atoms with Gasteiger partial charge in [0.1, 0.15) is 17.3 Å². The molecule has 0 aliphatic heterocycles. The quantitative estimate of drug-likeness (QED) is 0.659. The number of non-ortho nitro benzene ring substituents is 1. The SMILES string of the molecule is CCNc1cc(Oc2ccc([N+](=O)[O-])cc2)ccn1. The summed E-state index contributed by atoms with van der Waals surface area (Å²) in [7, 11) is 0. The molecule has 2 aromatic rings. The van der Waals surface area contributed by atoms with Crippen LogP contribution in [0.25, 0.3) is 0 Å². The van der Waals surface area contributed by atoms with Gasteiger partial charge in [0.15, 0.2) is 0 Å². The number of hydrogen-bond acceptors (Lipinski definition) is 5. The number of nitrogens with zero attached hydrogens (tertiary/aromatic N) is 2. The Kier molecular flexibility index (Phi) is 3.92. The first kappa shape index (κ1) is 12.8. The van der Waals surface area contributed by atoms with Crippen LogP contribution in [-0.4, -0.2) is 16.5 Å². The van der Waals surface area contributed by atoms with E-state index in [0.29, 0.717) is 11.5 Å². The zero-order valence-corrected chi connectivity index (χ0v) is 10.4. The van der Waals surface area contributed by atoms with E-state index in [1.807, 2.05) is 6.92 Å². The Morgan fingerprint density at radius 1 is 1.26 bits per heavy atom. The molecule has 0 aliphatic rings. The third-order valence-corrected chi connectivity index (χ3v) is 2.37. The molecular formula is C13H13N3O3. The van der Waals surface area contributed by atoms with Crippen LogP contribution in [0.4, 0.5) is 11.5 Å². The number of nitro groups is 1. The summed E-state index contributed by atoms with van der Waals surface area (Å²) in [5.41, 5.74) is 0.0374. The summed E-state index contributed by atoms with van der Waals surface area (Å²) in [6.45, 7) is 2.75. The molecule has 0 atom stereocenters. The van der Waals surface area contributed by atoms with Crippen LogP contribution in [0.5, 0.6) is 11.5 Å². The minimum atomic E-state index is -0.445. The maximum absolute atomic E-state index is 10.5. The fourth-order valence-corrected chi connectivity index (χ4v) is 1.52. The largest absolute Gasteiger partial charge is 0.457 e. The number of benzene rings is 1. The van der Waals surface area contributed by atoms with Gasteiger partial charge in [0.05, 0.1) is 4.92 Å². The average Bonchev–Trinajstić information content (AvgIpc) is 2.40. The maximum atomic E-state index is 10.5. The normalized spacial score (nSPS) is 9.95. The highest BCUT2D eigenvalue weighted by molar-refractivity contribution is 5.43. The van der Waals surface area contributed by atoms with Crippen molar-refractivity contribution in [3.05, 3.63) is 52.7 Å². The molecule has 0 saturated carbocycles. The number of nitro benzene ring substituents is 1. The first-order chi connectivity index (χ1) is 9.19. The minimum Gasteiger partial charge on any atom is -0.457 e. The number of anilines is 1. The third-order valence-electron chi connectivity index (χ3n) is 2.37. The topological polar surface area (TPSA) is 77.3 Å². The molecule has 19 heavy (non-hydrogen) atoms. The molecule has 1 heterocycles. The monoisotopic (exact) mass is 259 g/mol. The van der Waals surface area contributed by atoms with E-state index in [1.165, 1.54) is 12.1 Å². The number of pyridine rings is 1. The van der Waals surface area contributed by atoms with Gasteiger partial charge in [0, 0.05) is 30.9 Å². The molecule has 0 amide bonds. The van der Waals surface area contributed by atoms with Crippen LogP contribution in [0.15, 0.2) is 42.6 Å². The summed E-state index contributed by atoms with van der Waals surface area (Å²) in [6.07, 6.45) is 1.64. The molecule has 1 N–H and O–H groups in total. The Hall–Kier alpha value is -2.63. The summed E-state index contributed by atoms with van der Waals surface area (Å²) in [6, 6.07) is 9.42. The second kappa shape index (κ2) is 5.81. The van der Waals surface area contributed by atoms with Crippen molar-refractivity contribution in [3.8, 4) is 11.5 Å². The Balaban J connectivity index is 2.12. The number of rotatable bonds is 5. The number of aromatic nitrogens is 1. The first-order valence-electron chi connectivity index (χ1n) is 5.81. The van der Waals surface area contributed by atoms with Gasteiger partial charge in [-0.05, 0) is 25.1 Å². The van der Waals surface area contributed by atoms with Crippen LogP contribution in [0.3, 0.4) is 0 Å². The van der Waals surface area contributed by atoms with Crippen LogP contribution in [0.1, 0.15) is 6.92 Å². The lowest BCUT2D eigenvalue weighted by atomic mass is 10.3. The van der Waals surface area contributed by atoms with Gasteiger partial charge in [-0.3, -0.25) is 10.1 Å². The molecule has 6 heteroatoms. The molecular weight excluding hydrogens is 246 g/mol. The van der Waals surface area contributed by atoms with Crippen LogP contribution in [0.2, 0.25) is 0 Å². The van der Waals surface area contributed by atoms with Crippen LogP contribution in [0, 0.1) is 10.1 Å². The first-order valence-corrected chi connectivity index (χ1v) is 5.81. The molecule has 2 rings (SSSR count). The minimum absolute atomic E-state index is 0.0374. The van der Waals surface area contributed by atoms with Crippen molar-refractivity contribution in [1.82, 2.24) is 4.98 Å². The molecule has 0 fully saturated rings. The zero-order valence-electron chi connectivity index (χ0n) is 10.4. The van der Waals surface area contributed by atoms with Crippen LogP contribution < -0.4 is 10.1 Å². The number of hydrogen-bond donors (Lipinski definition) is 1. The van der Waals surface area contributed by atoms with Gasteiger partial charge in [-0.2, -0.15) is 0 Å². The van der Waals surface area contributed by atoms with Gasteiger partial charge in [0.2, 0.25) is 0 Å². The van der Waals surface area contributed by atoms with E-state index in [2.05, 4.69) is 10.3 Å². The lowest BCUT2D eigenvalue weighted by Crippen LogP contribution is -1.98. The molecule has 98 valence electrons. The van der Waals surface area contributed by atoms with Gasteiger partial charge < -0.3 is 10.1 Å². The average molecular weight is 259 g/mol. The number of ether oxygens (including phenoxy) is 1. The van der Waals surface area contributed by atoms with Crippen molar-refractivity contribution in [2.24, 2.45) is 0 Å². The Labute approximate surface area is 110 Å². The fraction of sp³-hybridized carbons (Fsp3) is 0.154. The molecule has 0 aliphatic carbocycles. The molecule has 1 aromatic carbocycles. The van der Waals surface area contributed by atoms with E-state index in [4.69, 9.17) is 4.74 Å². The predicted molar refractivity (Wildman–Crippen MR) is 71.6 cm³/mol. The maximum Gasteiger partial charge on any atom is 0.269 e. The molecule has 0 saturated heterocycles. The van der Waals surface area contributed by atoms with Crippen molar-refractivity contribution in [1.29, 1.82) is 0 Å². The van der Waals surface area contributed by atoms with Gasteiger partial charge in [0.25, 0.3) is 5.69 Å². The molecule has 0 spiro atoms. The Bertz CT molecular complexity index is 570. The summed E-state index contributed by atoms with van der Waals surface area (Å²) in [5, 5.41) is 13.6. The lowest BCUT2D eigenvalue weighted by molar-refractivity contribution is -0.384. The van der Waals surface area contributed by atoms with E-state index in [-0.39, 0.29) is 5.69 Å². The summed E-state index contributed by atoms with van der Waals surface area (Å²) < 4.78 is 5.60. The van der Waals surface area contributed by atoms with Crippen LogP contribution in [-0.2, 0) is 0 Å². The molecule has 1 aromatic heterocycles. The standard InChI is InChI=1S/C13H13N3O3/c1-2-14-13-9-12(7-8-15-13)19-11-5-3-10(4-6-11)16(17)18/h3-9H,2H2,1H3,(H,14,15). The molecule has 0 unspecified atom stereocenters. The van der Waals surface area contributed by atoms with E-state index in [1.54, 1.807) is 30.5 Å². The molecule has 0 bridgehead atoms. The smallest absolute Gasteiger partial charge is 0.269 e. The Morgan fingerprint density at radius 3 is 2.63 bits per heavy atom. The number of nitrogens with one attached hydrogen (secondary N) is 1. The van der Waals surface area contributed by atoms with Gasteiger partial charge >= 0.3 is 0 Å². The predicted octanol–water partition coefficient (Wildman–Crippen LogP) is 3.21. The second-order valence-electron chi connectivity index (χ2n) is 3.76. The van der Waals surface area contributed by atoms with Gasteiger partial charge in [-0.25, -0.2) is 4.98 Å². The van der Waals surface area contributed by atoms with Crippen molar-refractivity contribution in [2.75, 3.05) is 11.9 Å². The zero-order chi connectivity index (χ0) is 13.7. The summed E-state index contributed by atoms with van der Waals surface area (Å²) in [5.74, 6) is 1.89. The van der Waals surface area contributed by atoms with Gasteiger partial charge in [-0.1, -0.05) is 0 Å². The van der Waals surface area contributed by atoms with Crippen molar-refractivity contribution >= 4 is 11.5 Å².